The van der Waals surface area contributed by atoms with Gasteiger partial charge in [0.25, 0.3) is 0 Å². The Kier molecular flexibility index (Phi) is 4.89. The molecule has 0 atom stereocenters. The van der Waals surface area contributed by atoms with Gasteiger partial charge in [-0.3, -0.25) is 0 Å². The first-order valence-corrected chi connectivity index (χ1v) is 8.44. The number of hydrogen-bond donors (Lipinski definition) is 0. The Balaban J connectivity index is 1.77. The molecule has 8 heteroatoms. The predicted octanol–water partition coefficient (Wildman–Crippen LogP) is 3.60. The molecule has 0 saturated heterocycles. The van der Waals surface area contributed by atoms with Crippen molar-refractivity contribution in [3.8, 4) is 11.4 Å². The molecule has 3 aromatic rings. The van der Waals surface area contributed by atoms with Crippen LogP contribution in [0, 0.1) is 12.7 Å². The van der Waals surface area contributed by atoms with Crippen LogP contribution >= 0.6 is 11.8 Å². The molecule has 25 heavy (non-hydrogen) atoms. The van der Waals surface area contributed by atoms with Crippen LogP contribution in [-0.2, 0) is 17.5 Å². The highest BCUT2D eigenvalue weighted by molar-refractivity contribution is 7.98. The van der Waals surface area contributed by atoms with Crippen molar-refractivity contribution in [1.82, 2.24) is 14.8 Å². The van der Waals surface area contributed by atoms with E-state index in [1.165, 1.54) is 24.9 Å². The third-order valence-electron chi connectivity index (χ3n) is 3.67. The summed E-state index contributed by atoms with van der Waals surface area (Å²) >= 11 is 1.38. The molecule has 6 nitrogen and oxygen atoms in total. The minimum atomic E-state index is -0.432. The second kappa shape index (κ2) is 7.10. The lowest BCUT2D eigenvalue weighted by Crippen LogP contribution is -2.00. The number of ether oxygens (including phenoxy) is 1. The van der Waals surface area contributed by atoms with Crippen LogP contribution in [0.4, 0.5) is 4.39 Å². The zero-order chi connectivity index (χ0) is 18.0. The highest BCUT2D eigenvalue weighted by atomic mass is 32.2. The van der Waals surface area contributed by atoms with Crippen molar-refractivity contribution < 1.29 is 18.3 Å². The second-order valence-electron chi connectivity index (χ2n) is 5.31. The lowest BCUT2D eigenvalue weighted by atomic mass is 10.2. The number of carbonyl (C=O) groups is 1. The third kappa shape index (κ3) is 3.43. The molecule has 0 spiro atoms. The number of carbonyl (C=O) groups excluding carboxylic acids is 1. The van der Waals surface area contributed by atoms with Crippen molar-refractivity contribution in [1.29, 1.82) is 0 Å². The molecule has 2 heterocycles. The first kappa shape index (κ1) is 17.2. The van der Waals surface area contributed by atoms with E-state index >= 15 is 0 Å². The molecular weight excluding hydrogens is 345 g/mol. The van der Waals surface area contributed by atoms with Crippen molar-refractivity contribution in [3.63, 3.8) is 0 Å². The Bertz CT molecular complexity index is 920. The van der Waals surface area contributed by atoms with Crippen LogP contribution in [-0.4, -0.2) is 27.8 Å². The monoisotopic (exact) mass is 361 g/mol. The fourth-order valence-corrected chi connectivity index (χ4v) is 3.17. The molecule has 0 saturated carbocycles. The fourth-order valence-electron chi connectivity index (χ4n) is 2.38. The first-order chi connectivity index (χ1) is 12.0. The molecule has 0 aliphatic rings. The van der Waals surface area contributed by atoms with Crippen LogP contribution < -0.4 is 0 Å². The van der Waals surface area contributed by atoms with Crippen LogP contribution in [0.5, 0.6) is 0 Å². The highest BCUT2D eigenvalue weighted by Gasteiger charge is 2.18. The van der Waals surface area contributed by atoms with Gasteiger partial charge in [-0.2, -0.15) is 0 Å². The Morgan fingerprint density at radius 2 is 2.12 bits per heavy atom. The molecule has 0 aliphatic carbocycles. The lowest BCUT2D eigenvalue weighted by Gasteiger charge is -2.04. The van der Waals surface area contributed by atoms with Gasteiger partial charge in [0.2, 0.25) is 0 Å². The summed E-state index contributed by atoms with van der Waals surface area (Å²) < 4.78 is 25.9. The van der Waals surface area contributed by atoms with Crippen LogP contribution in [0.3, 0.4) is 0 Å². The SMILES string of the molecule is COC(=O)c1cc(CSc2nnc(-c3ccccc3F)n2C)oc1C. The Morgan fingerprint density at radius 1 is 1.36 bits per heavy atom. The molecule has 0 N–H and O–H groups in total. The summed E-state index contributed by atoms with van der Waals surface area (Å²) in [4.78, 5) is 11.6. The van der Waals surface area contributed by atoms with Crippen LogP contribution in [0.2, 0.25) is 0 Å². The highest BCUT2D eigenvalue weighted by Crippen LogP contribution is 2.28. The van der Waals surface area contributed by atoms with Gasteiger partial charge in [-0.1, -0.05) is 23.9 Å². The quantitative estimate of drug-likeness (QED) is 0.511. The molecule has 0 radical (unpaired) electrons. The molecule has 0 fully saturated rings. The summed E-state index contributed by atoms with van der Waals surface area (Å²) in [5.74, 6) is 1.26. The zero-order valence-corrected chi connectivity index (χ0v) is 14.8. The Hall–Kier alpha value is -2.61. The van der Waals surface area contributed by atoms with E-state index in [-0.39, 0.29) is 5.82 Å². The maximum Gasteiger partial charge on any atom is 0.341 e. The van der Waals surface area contributed by atoms with E-state index in [2.05, 4.69) is 10.2 Å². The summed E-state index contributed by atoms with van der Waals surface area (Å²) in [7, 11) is 3.10. The molecule has 0 amide bonds. The maximum atomic E-state index is 13.9. The normalized spacial score (nSPS) is 10.9. The van der Waals surface area contributed by atoms with Crippen LogP contribution in [0.25, 0.3) is 11.4 Å². The molecule has 2 aromatic heterocycles. The predicted molar refractivity (Wildman–Crippen MR) is 90.7 cm³/mol. The van der Waals surface area contributed by atoms with E-state index in [1.54, 1.807) is 42.8 Å². The molecule has 130 valence electrons. The van der Waals surface area contributed by atoms with Gasteiger partial charge in [0.05, 0.1) is 18.4 Å². The maximum absolute atomic E-state index is 13.9. The summed E-state index contributed by atoms with van der Waals surface area (Å²) in [5, 5.41) is 8.79. The first-order valence-electron chi connectivity index (χ1n) is 7.46. The van der Waals surface area contributed by atoms with Crippen LogP contribution in [0.1, 0.15) is 21.9 Å². The summed E-state index contributed by atoms with van der Waals surface area (Å²) in [6.45, 7) is 1.71. The average Bonchev–Trinajstić information content (AvgIpc) is 3.15. The largest absolute Gasteiger partial charge is 0.465 e. The number of esters is 1. The molecular formula is C17H16FN3O3S. The number of furan rings is 1. The fraction of sp³-hybridized carbons (Fsp3) is 0.235. The van der Waals surface area contributed by atoms with Gasteiger partial charge in [-0.25, -0.2) is 9.18 Å². The van der Waals surface area contributed by atoms with Gasteiger partial charge in [-0.05, 0) is 25.1 Å². The number of rotatable bonds is 5. The smallest absolute Gasteiger partial charge is 0.341 e. The number of methoxy groups -OCH3 is 1. The number of nitrogens with zero attached hydrogens (tertiary/aromatic N) is 3. The third-order valence-corrected chi connectivity index (χ3v) is 4.71. The number of aryl methyl sites for hydroxylation is 1. The van der Waals surface area contributed by atoms with Gasteiger partial charge < -0.3 is 13.7 Å². The van der Waals surface area contributed by atoms with Gasteiger partial charge in [0.15, 0.2) is 11.0 Å². The summed E-state index contributed by atoms with van der Waals surface area (Å²) in [5.41, 5.74) is 0.800. The van der Waals surface area contributed by atoms with Gasteiger partial charge >= 0.3 is 5.97 Å². The molecule has 0 aliphatic heterocycles. The summed E-state index contributed by atoms with van der Waals surface area (Å²) in [6.07, 6.45) is 0. The number of halogens is 1. The minimum Gasteiger partial charge on any atom is -0.465 e. The van der Waals surface area contributed by atoms with Gasteiger partial charge in [-0.15, -0.1) is 10.2 Å². The Morgan fingerprint density at radius 3 is 2.84 bits per heavy atom. The van der Waals surface area contributed by atoms with Gasteiger partial charge in [0.1, 0.15) is 22.9 Å². The lowest BCUT2D eigenvalue weighted by molar-refractivity contribution is 0.0599. The summed E-state index contributed by atoms with van der Waals surface area (Å²) in [6, 6.07) is 8.08. The van der Waals surface area contributed by atoms with E-state index in [1.807, 2.05) is 0 Å². The van der Waals surface area contributed by atoms with Gasteiger partial charge in [0, 0.05) is 7.05 Å². The van der Waals surface area contributed by atoms with Crippen molar-refractivity contribution in [2.24, 2.45) is 7.05 Å². The van der Waals surface area contributed by atoms with Crippen molar-refractivity contribution in [2.75, 3.05) is 7.11 Å². The molecule has 0 bridgehead atoms. The second-order valence-corrected chi connectivity index (χ2v) is 6.25. The van der Waals surface area contributed by atoms with E-state index in [0.29, 0.717) is 39.4 Å². The molecule has 0 unspecified atom stereocenters. The number of aromatic nitrogens is 3. The van der Waals surface area contributed by atoms with Crippen molar-refractivity contribution in [2.45, 2.75) is 17.8 Å². The standard InChI is InChI=1S/C17H16FN3O3S/c1-10-13(16(22)23-3)8-11(24-10)9-25-17-20-19-15(21(17)2)12-6-4-5-7-14(12)18/h4-8H,9H2,1-3H3. The van der Waals surface area contributed by atoms with E-state index < -0.39 is 5.97 Å². The van der Waals surface area contributed by atoms with Crippen LogP contribution in [0.15, 0.2) is 39.9 Å². The van der Waals surface area contributed by atoms with E-state index in [9.17, 15) is 9.18 Å². The van der Waals surface area contributed by atoms with E-state index in [0.717, 1.165) is 0 Å². The topological polar surface area (TPSA) is 70.2 Å². The average molecular weight is 361 g/mol. The zero-order valence-electron chi connectivity index (χ0n) is 13.9. The minimum absolute atomic E-state index is 0.348. The number of benzene rings is 1. The number of hydrogen-bond acceptors (Lipinski definition) is 6. The van der Waals surface area contributed by atoms with E-state index in [4.69, 9.17) is 9.15 Å². The number of thioether (sulfide) groups is 1. The Labute approximate surface area is 148 Å². The van der Waals surface area contributed by atoms with Crippen molar-refractivity contribution in [3.05, 3.63) is 53.2 Å². The molecule has 3 rings (SSSR count). The van der Waals surface area contributed by atoms with Crippen molar-refractivity contribution >= 4 is 17.7 Å². The molecule has 1 aromatic carbocycles.